The largest absolute Gasteiger partial charge is 0.507 e. The molecule has 0 heterocycles. The fourth-order valence-electron chi connectivity index (χ4n) is 4.09. The normalized spacial score (nSPS) is 13.0. The van der Waals surface area contributed by atoms with E-state index in [2.05, 4.69) is 83.1 Å². The first-order chi connectivity index (χ1) is 19.0. The first kappa shape index (κ1) is 37.7. The van der Waals surface area contributed by atoms with Crippen LogP contribution in [0.15, 0.2) is 34.1 Å². The van der Waals surface area contributed by atoms with Gasteiger partial charge in [0.1, 0.15) is 11.5 Å². The fraction of sp³-hybridized carbons (Fsp3) is 0.562. The third-order valence-corrected chi connectivity index (χ3v) is 13.3. The van der Waals surface area contributed by atoms with E-state index in [0.717, 1.165) is 43.6 Å². The number of aromatic hydroxyl groups is 2. The molecule has 0 unspecified atom stereocenters. The van der Waals surface area contributed by atoms with Crippen LogP contribution in [0.25, 0.3) is 0 Å². The van der Waals surface area contributed by atoms with Crippen LogP contribution in [-0.2, 0) is 21.7 Å². The van der Waals surface area contributed by atoms with E-state index in [9.17, 15) is 19.8 Å². The average molecular weight is 687 g/mol. The maximum absolute atomic E-state index is 12.7. The zero-order valence-corrected chi connectivity index (χ0v) is 31.8. The number of rotatable bonds is 7. The summed E-state index contributed by atoms with van der Waals surface area (Å²) in [7, 11) is 5.40. The predicted octanol–water partition coefficient (Wildman–Crippen LogP) is 12.2. The minimum absolute atomic E-state index is 0.00803. The van der Waals surface area contributed by atoms with Crippen molar-refractivity contribution < 1.29 is 19.8 Å². The monoisotopic (exact) mass is 686 g/mol. The summed E-state index contributed by atoms with van der Waals surface area (Å²) in [6, 6.07) is 7.71. The molecule has 10 heteroatoms. The van der Waals surface area contributed by atoms with Crippen molar-refractivity contribution in [3.63, 3.8) is 0 Å². The Morgan fingerprint density at radius 1 is 0.524 bits per heavy atom. The van der Waals surface area contributed by atoms with Gasteiger partial charge in [0, 0.05) is 43.6 Å². The molecule has 0 saturated heterocycles. The minimum Gasteiger partial charge on any atom is -0.507 e. The van der Waals surface area contributed by atoms with Gasteiger partial charge >= 0.3 is 0 Å². The maximum Gasteiger partial charge on any atom is 0.261 e. The number of phenolic OH excluding ortho intramolecular Hbond substituents is 2. The Balaban J connectivity index is 1.90. The molecule has 2 N–H and O–H groups in total. The number of hydrogen-bond acceptors (Lipinski definition) is 10. The molecule has 2 rings (SSSR count). The van der Waals surface area contributed by atoms with Crippen LogP contribution in [0.4, 0.5) is 9.59 Å². The maximum atomic E-state index is 12.7. The van der Waals surface area contributed by atoms with Gasteiger partial charge in [-0.2, -0.15) is 0 Å². The molecule has 2 aromatic rings. The molecular weight excluding hydrogens is 641 g/mol. The van der Waals surface area contributed by atoms with Crippen LogP contribution in [0.3, 0.4) is 0 Å². The highest BCUT2D eigenvalue weighted by Gasteiger charge is 2.28. The van der Waals surface area contributed by atoms with Gasteiger partial charge in [-0.15, -0.1) is 0 Å². The van der Waals surface area contributed by atoms with Crippen LogP contribution >= 0.6 is 66.7 Å². The second-order valence-electron chi connectivity index (χ2n) is 14.2. The van der Waals surface area contributed by atoms with Gasteiger partial charge in [-0.25, -0.2) is 0 Å². The number of carbonyl (C=O) groups excluding carboxylic acids is 2. The molecule has 0 aliphatic heterocycles. The average Bonchev–Trinajstić information content (AvgIpc) is 2.80. The highest BCUT2D eigenvalue weighted by atomic mass is 33.1. The van der Waals surface area contributed by atoms with Crippen LogP contribution in [0, 0.1) is 0 Å². The van der Waals surface area contributed by atoms with Crippen LogP contribution < -0.4 is 0 Å². The van der Waals surface area contributed by atoms with E-state index in [-0.39, 0.29) is 30.6 Å². The summed E-state index contributed by atoms with van der Waals surface area (Å²) in [5.74, 6) is 2.07. The molecule has 42 heavy (non-hydrogen) atoms. The second kappa shape index (κ2) is 14.7. The molecule has 0 bridgehead atoms. The van der Waals surface area contributed by atoms with Crippen molar-refractivity contribution in [1.29, 1.82) is 0 Å². The van der Waals surface area contributed by atoms with Crippen molar-refractivity contribution in [1.82, 2.24) is 0 Å². The van der Waals surface area contributed by atoms with Crippen molar-refractivity contribution in [2.45, 2.75) is 115 Å². The zero-order valence-electron chi connectivity index (χ0n) is 26.9. The first-order valence-corrected chi connectivity index (χ1v) is 20.1. The Morgan fingerprint density at radius 2 is 0.762 bits per heavy atom. The minimum atomic E-state index is -0.248. The highest BCUT2D eigenvalue weighted by Crippen LogP contribution is 2.45. The molecule has 234 valence electrons. The quantitative estimate of drug-likeness (QED) is 0.167. The molecule has 0 atom stereocenters. The van der Waals surface area contributed by atoms with E-state index in [4.69, 9.17) is 0 Å². The third kappa shape index (κ3) is 11.1. The van der Waals surface area contributed by atoms with E-state index in [1.807, 2.05) is 24.3 Å². The number of carbonyl (C=O) groups is 2. The molecule has 2 aromatic carbocycles. The van der Waals surface area contributed by atoms with Crippen molar-refractivity contribution in [2.75, 3.05) is 11.5 Å². The second-order valence-corrected chi connectivity index (χ2v) is 21.6. The highest BCUT2D eigenvalue weighted by molar-refractivity contribution is 8.87. The molecule has 0 radical (unpaired) electrons. The number of phenols is 2. The van der Waals surface area contributed by atoms with E-state index in [1.165, 1.54) is 66.7 Å². The Hall–Kier alpha value is -0.520. The molecule has 0 amide bonds. The van der Waals surface area contributed by atoms with Gasteiger partial charge in [-0.05, 0) is 91.0 Å². The van der Waals surface area contributed by atoms with Crippen molar-refractivity contribution in [3.05, 3.63) is 46.5 Å². The van der Waals surface area contributed by atoms with Crippen LogP contribution in [0.5, 0.6) is 11.5 Å². The lowest BCUT2D eigenvalue weighted by Gasteiger charge is -2.28. The van der Waals surface area contributed by atoms with E-state index in [0.29, 0.717) is 11.5 Å². The molecule has 0 aromatic heterocycles. The number of thioether (sulfide) groups is 2. The van der Waals surface area contributed by atoms with Crippen LogP contribution in [0.2, 0.25) is 0 Å². The topological polar surface area (TPSA) is 74.6 Å². The lowest BCUT2D eigenvalue weighted by Crippen LogP contribution is -2.17. The van der Waals surface area contributed by atoms with Gasteiger partial charge in [0.25, 0.3) is 8.89 Å². The molecule has 0 saturated carbocycles. The third-order valence-electron chi connectivity index (χ3n) is 6.31. The van der Waals surface area contributed by atoms with Gasteiger partial charge < -0.3 is 10.2 Å². The van der Waals surface area contributed by atoms with Gasteiger partial charge in [-0.1, -0.05) is 105 Å². The summed E-state index contributed by atoms with van der Waals surface area (Å²) in [6.07, 6.45) is 0. The molecule has 0 spiro atoms. The summed E-state index contributed by atoms with van der Waals surface area (Å²) in [4.78, 5) is 27.2. The van der Waals surface area contributed by atoms with E-state index < -0.39 is 0 Å². The van der Waals surface area contributed by atoms with Crippen LogP contribution in [0.1, 0.15) is 105 Å². The SMILES string of the molecule is CC(C)(C)c1cc(SC(=O)SSCCSSC(=O)Sc2cc(C(C)(C)C)c(O)c(C(C)(C)C)c2)cc(C(C)(C)C)c1O. The summed E-state index contributed by atoms with van der Waals surface area (Å²) in [5.41, 5.74) is 2.38. The van der Waals surface area contributed by atoms with Gasteiger partial charge in [0.2, 0.25) is 0 Å². The van der Waals surface area contributed by atoms with Gasteiger partial charge in [-0.3, -0.25) is 9.59 Å². The lowest BCUT2D eigenvalue weighted by atomic mass is 9.79. The standard InChI is InChI=1S/C32H46O4S6/c1-29(2,3)21-15-19(16-22(25(21)33)30(4,5)6)39-27(35)41-37-13-14-38-42-28(36)40-20-17-23(31(7,8)9)26(34)24(18-20)32(10,11)12/h15-18,33-34H,13-14H2,1-12H3. The summed E-state index contributed by atoms with van der Waals surface area (Å²) >= 11 is 2.39. The predicted molar refractivity (Wildman–Crippen MR) is 194 cm³/mol. The summed E-state index contributed by atoms with van der Waals surface area (Å²) in [5, 5.41) is 21.8. The molecule has 0 aliphatic carbocycles. The van der Waals surface area contributed by atoms with Crippen molar-refractivity contribution in [3.8, 4) is 11.5 Å². The van der Waals surface area contributed by atoms with Crippen LogP contribution in [-0.4, -0.2) is 30.6 Å². The smallest absolute Gasteiger partial charge is 0.261 e. The molecule has 0 aliphatic rings. The van der Waals surface area contributed by atoms with Crippen molar-refractivity contribution >= 4 is 75.6 Å². The number of benzene rings is 2. The van der Waals surface area contributed by atoms with Gasteiger partial charge in [0.05, 0.1) is 0 Å². The summed E-state index contributed by atoms with van der Waals surface area (Å²) < 4.78 is -0.0161. The lowest BCUT2D eigenvalue weighted by molar-refractivity contribution is 0.276. The summed E-state index contributed by atoms with van der Waals surface area (Å²) in [6.45, 7) is 24.7. The fourth-order valence-corrected chi connectivity index (χ4v) is 10.7. The molecule has 0 fully saturated rings. The Bertz CT molecular complexity index is 1110. The Labute approximate surface area is 277 Å². The molecule has 4 nitrogen and oxygen atoms in total. The van der Waals surface area contributed by atoms with E-state index >= 15 is 0 Å². The van der Waals surface area contributed by atoms with Gasteiger partial charge in [0.15, 0.2) is 0 Å². The first-order valence-electron chi connectivity index (χ1n) is 13.8. The van der Waals surface area contributed by atoms with Crippen molar-refractivity contribution in [2.24, 2.45) is 0 Å². The zero-order chi connectivity index (χ0) is 32.3. The Morgan fingerprint density at radius 3 is 0.976 bits per heavy atom. The van der Waals surface area contributed by atoms with E-state index in [1.54, 1.807) is 0 Å². The molecular formula is C32H46O4S6. The Kier molecular flexibility index (Phi) is 13.2. The number of hydrogen-bond donors (Lipinski definition) is 2.